The van der Waals surface area contributed by atoms with Crippen LogP contribution in [0.3, 0.4) is 0 Å². The Morgan fingerprint density at radius 3 is 2.43 bits per heavy atom. The standard InChI is InChI=1S/C24H34ClNO4/c1-4-5-14-29-21-9-6-19(7-10-21)16-26(12-13-27)17-23(28)20-8-11-24(22(25)15-20)30-18(2)3/h6-11,15,18,23,27-28H,4-5,12-14,16-17H2,1-3H3. The van der Waals surface area contributed by atoms with Crippen LogP contribution >= 0.6 is 11.6 Å². The van der Waals surface area contributed by atoms with Crippen LogP contribution in [0, 0.1) is 0 Å². The van der Waals surface area contributed by atoms with Crippen LogP contribution in [0.15, 0.2) is 42.5 Å². The molecule has 0 aliphatic rings. The van der Waals surface area contributed by atoms with Crippen LogP contribution in [0.2, 0.25) is 5.02 Å². The van der Waals surface area contributed by atoms with E-state index in [4.69, 9.17) is 21.1 Å². The van der Waals surface area contributed by atoms with E-state index >= 15 is 0 Å². The first-order valence-corrected chi connectivity index (χ1v) is 11.0. The molecule has 5 nitrogen and oxygen atoms in total. The number of halogens is 1. The van der Waals surface area contributed by atoms with Gasteiger partial charge in [0.15, 0.2) is 0 Å². The first-order chi connectivity index (χ1) is 14.4. The normalized spacial score (nSPS) is 12.4. The maximum absolute atomic E-state index is 10.7. The fourth-order valence-electron chi connectivity index (χ4n) is 3.08. The van der Waals surface area contributed by atoms with E-state index in [-0.39, 0.29) is 12.7 Å². The van der Waals surface area contributed by atoms with Crippen molar-refractivity contribution in [3.8, 4) is 11.5 Å². The van der Waals surface area contributed by atoms with Gasteiger partial charge in [0.2, 0.25) is 0 Å². The number of hydrogen-bond acceptors (Lipinski definition) is 5. The van der Waals surface area contributed by atoms with Gasteiger partial charge in [-0.1, -0.05) is 43.1 Å². The molecule has 0 spiro atoms. The summed E-state index contributed by atoms with van der Waals surface area (Å²) in [5, 5.41) is 20.6. The number of hydrogen-bond donors (Lipinski definition) is 2. The molecule has 0 saturated carbocycles. The van der Waals surface area contributed by atoms with Crippen LogP contribution in [0.5, 0.6) is 11.5 Å². The summed E-state index contributed by atoms with van der Waals surface area (Å²) in [4.78, 5) is 2.02. The molecule has 166 valence electrons. The summed E-state index contributed by atoms with van der Waals surface area (Å²) in [6, 6.07) is 13.3. The Labute approximate surface area is 185 Å². The second-order valence-corrected chi connectivity index (χ2v) is 8.08. The van der Waals surface area contributed by atoms with Crippen LogP contribution in [0.4, 0.5) is 0 Å². The molecule has 0 heterocycles. The largest absolute Gasteiger partial charge is 0.494 e. The molecule has 0 saturated heterocycles. The van der Waals surface area contributed by atoms with Crippen molar-refractivity contribution in [3.63, 3.8) is 0 Å². The monoisotopic (exact) mass is 435 g/mol. The fraction of sp³-hybridized carbons (Fsp3) is 0.500. The minimum absolute atomic E-state index is 0.0207. The highest BCUT2D eigenvalue weighted by Gasteiger charge is 2.16. The van der Waals surface area contributed by atoms with E-state index in [1.54, 1.807) is 12.1 Å². The van der Waals surface area contributed by atoms with Crippen LogP contribution in [-0.4, -0.2) is 47.5 Å². The number of unbranched alkanes of at least 4 members (excludes halogenated alkanes) is 1. The van der Waals surface area contributed by atoms with Crippen molar-refractivity contribution in [2.45, 2.75) is 52.4 Å². The number of nitrogens with zero attached hydrogens (tertiary/aromatic N) is 1. The molecule has 1 atom stereocenters. The predicted molar refractivity (Wildman–Crippen MR) is 121 cm³/mol. The van der Waals surface area contributed by atoms with Crippen LogP contribution in [-0.2, 0) is 6.54 Å². The Kier molecular flexibility index (Phi) is 10.4. The summed E-state index contributed by atoms with van der Waals surface area (Å²) in [5.41, 5.74) is 1.82. The second-order valence-electron chi connectivity index (χ2n) is 7.68. The van der Waals surface area contributed by atoms with E-state index in [1.807, 2.05) is 49.1 Å². The van der Waals surface area contributed by atoms with E-state index in [2.05, 4.69) is 6.92 Å². The lowest BCUT2D eigenvalue weighted by Gasteiger charge is -2.25. The first-order valence-electron chi connectivity index (χ1n) is 10.6. The van der Waals surface area contributed by atoms with Gasteiger partial charge in [-0.2, -0.15) is 0 Å². The number of benzene rings is 2. The van der Waals surface area contributed by atoms with Crippen molar-refractivity contribution < 1.29 is 19.7 Å². The number of aliphatic hydroxyl groups excluding tert-OH is 2. The van der Waals surface area contributed by atoms with E-state index in [9.17, 15) is 10.2 Å². The van der Waals surface area contributed by atoms with Gasteiger partial charge < -0.3 is 19.7 Å². The average molecular weight is 436 g/mol. The van der Waals surface area contributed by atoms with Crippen molar-refractivity contribution in [2.24, 2.45) is 0 Å². The predicted octanol–water partition coefficient (Wildman–Crippen LogP) is 4.83. The van der Waals surface area contributed by atoms with E-state index in [1.165, 1.54) is 0 Å². The van der Waals surface area contributed by atoms with Gasteiger partial charge in [0, 0.05) is 19.6 Å². The van der Waals surface area contributed by atoms with Gasteiger partial charge in [-0.05, 0) is 55.7 Å². The molecular formula is C24H34ClNO4. The third-order valence-electron chi connectivity index (χ3n) is 4.65. The molecule has 0 radical (unpaired) electrons. The van der Waals surface area contributed by atoms with Crippen LogP contribution in [0.25, 0.3) is 0 Å². The zero-order valence-electron chi connectivity index (χ0n) is 18.2. The molecule has 1 unspecified atom stereocenters. The van der Waals surface area contributed by atoms with Gasteiger partial charge in [-0.25, -0.2) is 0 Å². The fourth-order valence-corrected chi connectivity index (χ4v) is 3.32. The van der Waals surface area contributed by atoms with Crippen molar-refractivity contribution in [1.82, 2.24) is 4.90 Å². The summed E-state index contributed by atoms with van der Waals surface area (Å²) in [5.74, 6) is 1.47. The van der Waals surface area contributed by atoms with Gasteiger partial charge in [-0.15, -0.1) is 0 Å². The smallest absolute Gasteiger partial charge is 0.138 e. The highest BCUT2D eigenvalue weighted by atomic mass is 35.5. The SMILES string of the molecule is CCCCOc1ccc(CN(CCO)CC(O)c2ccc(OC(C)C)c(Cl)c2)cc1. The third-order valence-corrected chi connectivity index (χ3v) is 4.94. The molecule has 0 aliphatic carbocycles. The molecule has 0 aromatic heterocycles. The molecule has 2 rings (SSSR count). The third kappa shape index (κ3) is 8.15. The van der Waals surface area contributed by atoms with Gasteiger partial charge >= 0.3 is 0 Å². The lowest BCUT2D eigenvalue weighted by atomic mass is 10.1. The Bertz CT molecular complexity index is 751. The molecule has 2 N–H and O–H groups in total. The second kappa shape index (κ2) is 12.8. The Morgan fingerprint density at radius 2 is 1.83 bits per heavy atom. The Balaban J connectivity index is 1.98. The van der Waals surface area contributed by atoms with Gasteiger partial charge in [0.1, 0.15) is 11.5 Å². The molecule has 0 amide bonds. The summed E-state index contributed by atoms with van der Waals surface area (Å²) < 4.78 is 11.4. The lowest BCUT2D eigenvalue weighted by molar-refractivity contribution is 0.0956. The van der Waals surface area contributed by atoms with Crippen LogP contribution < -0.4 is 9.47 Å². The van der Waals surface area contributed by atoms with Crippen molar-refractivity contribution in [3.05, 3.63) is 58.6 Å². The van der Waals surface area contributed by atoms with E-state index in [0.717, 1.165) is 36.3 Å². The molecule has 0 bridgehead atoms. The zero-order valence-corrected chi connectivity index (χ0v) is 18.9. The summed E-state index contributed by atoms with van der Waals surface area (Å²) in [7, 11) is 0. The maximum Gasteiger partial charge on any atom is 0.138 e. The number of rotatable bonds is 13. The molecular weight excluding hydrogens is 402 g/mol. The highest BCUT2D eigenvalue weighted by molar-refractivity contribution is 6.32. The minimum atomic E-state index is -0.723. The van der Waals surface area contributed by atoms with Gasteiger partial charge in [0.05, 0.1) is 30.4 Å². The molecule has 2 aromatic rings. The molecule has 30 heavy (non-hydrogen) atoms. The number of aliphatic hydroxyl groups is 2. The van der Waals surface area contributed by atoms with Gasteiger partial charge in [0.25, 0.3) is 0 Å². The quantitative estimate of drug-likeness (QED) is 0.441. The van der Waals surface area contributed by atoms with Crippen molar-refractivity contribution in [2.75, 3.05) is 26.3 Å². The molecule has 0 aliphatic heterocycles. The Hall–Kier alpha value is -1.79. The number of ether oxygens (including phenoxy) is 2. The van der Waals surface area contributed by atoms with Crippen LogP contribution in [0.1, 0.15) is 50.8 Å². The van der Waals surface area contributed by atoms with E-state index < -0.39 is 6.10 Å². The van der Waals surface area contributed by atoms with Gasteiger partial charge in [-0.3, -0.25) is 4.90 Å². The lowest BCUT2D eigenvalue weighted by Crippen LogP contribution is -2.31. The molecule has 6 heteroatoms. The topological polar surface area (TPSA) is 62.2 Å². The average Bonchev–Trinajstić information content (AvgIpc) is 2.71. The van der Waals surface area contributed by atoms with E-state index in [0.29, 0.717) is 30.4 Å². The summed E-state index contributed by atoms with van der Waals surface area (Å²) >= 11 is 6.30. The Morgan fingerprint density at radius 1 is 1.10 bits per heavy atom. The summed E-state index contributed by atoms with van der Waals surface area (Å²) in [6.07, 6.45) is 1.45. The minimum Gasteiger partial charge on any atom is -0.494 e. The van der Waals surface area contributed by atoms with Crippen molar-refractivity contribution in [1.29, 1.82) is 0 Å². The molecule has 0 fully saturated rings. The van der Waals surface area contributed by atoms with Crippen molar-refractivity contribution >= 4 is 11.6 Å². The maximum atomic E-state index is 10.7. The zero-order chi connectivity index (χ0) is 21.9. The highest BCUT2D eigenvalue weighted by Crippen LogP contribution is 2.29. The molecule has 2 aromatic carbocycles. The first kappa shape index (κ1) is 24.5. The summed E-state index contributed by atoms with van der Waals surface area (Å²) in [6.45, 7) is 8.23.